The Morgan fingerprint density at radius 1 is 1.00 bits per heavy atom. The van der Waals surface area contributed by atoms with E-state index in [2.05, 4.69) is 5.32 Å². The summed E-state index contributed by atoms with van der Waals surface area (Å²) in [5.41, 5.74) is 2.75. The van der Waals surface area contributed by atoms with Crippen LogP contribution in [-0.4, -0.2) is 18.9 Å². The molecule has 0 atom stereocenters. The van der Waals surface area contributed by atoms with E-state index in [0.717, 1.165) is 48.3 Å². The normalized spacial score (nSPS) is 30.3. The van der Waals surface area contributed by atoms with Gasteiger partial charge in [-0.1, -0.05) is 6.07 Å². The molecule has 2 aromatic rings. The van der Waals surface area contributed by atoms with Crippen LogP contribution in [0.1, 0.15) is 54.4 Å². The van der Waals surface area contributed by atoms with Crippen LogP contribution < -0.4 is 15.0 Å². The zero-order valence-electron chi connectivity index (χ0n) is 18.1. The van der Waals surface area contributed by atoms with Crippen molar-refractivity contribution < 1.29 is 14.3 Å². The molecule has 0 radical (unpaired) electrons. The van der Waals surface area contributed by atoms with Crippen LogP contribution in [0.25, 0.3) is 0 Å². The number of fused-ring (bicyclic) bond motifs is 2. The van der Waals surface area contributed by atoms with Gasteiger partial charge in [-0.15, -0.1) is 0 Å². The van der Waals surface area contributed by atoms with Crippen molar-refractivity contribution in [3.63, 3.8) is 0 Å². The van der Waals surface area contributed by atoms with Crippen molar-refractivity contribution in [2.75, 3.05) is 17.3 Å². The topological polar surface area (TPSA) is 58.6 Å². The summed E-state index contributed by atoms with van der Waals surface area (Å²) in [5, 5.41) is 3.17. The molecule has 4 saturated carbocycles. The Hall–Kier alpha value is -2.82. The highest BCUT2D eigenvalue weighted by Crippen LogP contribution is 2.60. The molecule has 1 heterocycles. The molecule has 0 saturated heterocycles. The molecule has 5 heteroatoms. The highest BCUT2D eigenvalue weighted by molar-refractivity contribution is 6.10. The number of hydrogen-bond donors (Lipinski definition) is 1. The van der Waals surface area contributed by atoms with Crippen LogP contribution in [0.15, 0.2) is 36.4 Å². The summed E-state index contributed by atoms with van der Waals surface area (Å²) in [6.07, 6.45) is 7.00. The number of rotatable bonds is 2. The van der Waals surface area contributed by atoms with E-state index in [1.165, 1.54) is 19.3 Å². The Labute approximate surface area is 182 Å². The van der Waals surface area contributed by atoms with E-state index in [4.69, 9.17) is 4.74 Å². The van der Waals surface area contributed by atoms with Crippen molar-refractivity contribution >= 4 is 23.2 Å². The first-order valence-electron chi connectivity index (χ1n) is 11.4. The van der Waals surface area contributed by atoms with Gasteiger partial charge in [-0.2, -0.15) is 0 Å². The smallest absolute Gasteiger partial charge is 0.261 e. The molecule has 2 amide bonds. The average molecular weight is 417 g/mol. The van der Waals surface area contributed by atoms with E-state index in [-0.39, 0.29) is 17.2 Å². The van der Waals surface area contributed by atoms with Gasteiger partial charge in [-0.25, -0.2) is 0 Å². The van der Waals surface area contributed by atoms with Crippen molar-refractivity contribution in [1.29, 1.82) is 0 Å². The van der Waals surface area contributed by atoms with Crippen LogP contribution in [0.5, 0.6) is 11.5 Å². The fourth-order valence-electron chi connectivity index (χ4n) is 6.90. The summed E-state index contributed by atoms with van der Waals surface area (Å²) in [4.78, 5) is 28.3. The van der Waals surface area contributed by atoms with Crippen molar-refractivity contribution in [2.45, 2.75) is 45.4 Å². The van der Waals surface area contributed by atoms with E-state index in [9.17, 15) is 9.59 Å². The number of benzene rings is 2. The van der Waals surface area contributed by atoms with E-state index in [1.807, 2.05) is 31.2 Å². The van der Waals surface area contributed by atoms with E-state index in [1.54, 1.807) is 24.1 Å². The first kappa shape index (κ1) is 18.9. The maximum Gasteiger partial charge on any atom is 0.261 e. The number of nitrogens with zero attached hydrogens (tertiary/aromatic N) is 1. The summed E-state index contributed by atoms with van der Waals surface area (Å²) in [6, 6.07) is 11.2. The van der Waals surface area contributed by atoms with Gasteiger partial charge >= 0.3 is 0 Å². The Morgan fingerprint density at radius 2 is 1.65 bits per heavy atom. The zero-order chi connectivity index (χ0) is 21.3. The predicted octanol–water partition coefficient (Wildman–Crippen LogP) is 5.53. The number of carbonyl (C=O) groups excluding carboxylic acids is 2. The first-order chi connectivity index (χ1) is 14.9. The number of hydrogen-bond acceptors (Lipinski definition) is 3. The zero-order valence-corrected chi connectivity index (χ0v) is 18.1. The maximum absolute atomic E-state index is 13.4. The standard InChI is InChI=1S/C26H28N2O3/c1-15-3-5-23-21(7-15)28(2)24(29)20-11-19(4-6-22(20)31-23)27-25(30)26-12-16-8-17(13-26)10-18(9-16)14-26/h3-7,11,16-18H,8-10,12-14H2,1-2H3,(H,27,30). The highest BCUT2D eigenvalue weighted by atomic mass is 16.5. The van der Waals surface area contributed by atoms with Gasteiger partial charge in [0, 0.05) is 12.7 Å². The molecule has 2 aromatic carbocycles. The first-order valence-corrected chi connectivity index (χ1v) is 11.4. The third-order valence-electron chi connectivity index (χ3n) is 7.99. The molecule has 31 heavy (non-hydrogen) atoms. The van der Waals surface area contributed by atoms with Gasteiger partial charge in [0.25, 0.3) is 5.91 Å². The lowest BCUT2D eigenvalue weighted by Gasteiger charge is -2.55. The molecule has 160 valence electrons. The molecule has 1 aliphatic heterocycles. The van der Waals surface area contributed by atoms with E-state index in [0.29, 0.717) is 22.7 Å². The summed E-state index contributed by atoms with van der Waals surface area (Å²) in [5.74, 6) is 3.34. The van der Waals surface area contributed by atoms with Gasteiger partial charge in [-0.05, 0) is 99.1 Å². The summed E-state index contributed by atoms with van der Waals surface area (Å²) in [6.45, 7) is 1.99. The lowest BCUT2D eigenvalue weighted by Crippen LogP contribution is -2.51. The van der Waals surface area contributed by atoms with Crippen LogP contribution in [0.2, 0.25) is 0 Å². The minimum atomic E-state index is -0.216. The largest absolute Gasteiger partial charge is 0.454 e. The van der Waals surface area contributed by atoms with Crippen LogP contribution in [0.4, 0.5) is 11.4 Å². The Morgan fingerprint density at radius 3 is 2.32 bits per heavy atom. The van der Waals surface area contributed by atoms with Crippen molar-refractivity contribution in [2.24, 2.45) is 23.2 Å². The molecular weight excluding hydrogens is 388 g/mol. The quantitative estimate of drug-likeness (QED) is 0.700. The van der Waals surface area contributed by atoms with Gasteiger partial charge in [0.1, 0.15) is 5.75 Å². The van der Waals surface area contributed by atoms with Crippen molar-refractivity contribution in [1.82, 2.24) is 0 Å². The number of aryl methyl sites for hydroxylation is 1. The summed E-state index contributed by atoms with van der Waals surface area (Å²) >= 11 is 0. The number of carbonyl (C=O) groups is 2. The molecule has 7 rings (SSSR count). The highest BCUT2D eigenvalue weighted by Gasteiger charge is 2.54. The van der Waals surface area contributed by atoms with E-state index >= 15 is 0 Å². The SMILES string of the molecule is Cc1ccc2c(c1)N(C)C(=O)c1cc(NC(=O)C34CC5CC(CC(C5)C3)C4)ccc1O2. The molecule has 4 aliphatic carbocycles. The Balaban J connectivity index is 1.29. The van der Waals surface area contributed by atoms with Gasteiger partial charge in [-0.3, -0.25) is 9.59 Å². The van der Waals surface area contributed by atoms with Gasteiger partial charge in [0.05, 0.1) is 16.7 Å². The van der Waals surface area contributed by atoms with Gasteiger partial charge in [0.2, 0.25) is 5.91 Å². The fraction of sp³-hybridized carbons (Fsp3) is 0.462. The van der Waals surface area contributed by atoms with Gasteiger partial charge < -0.3 is 15.0 Å². The van der Waals surface area contributed by atoms with Gasteiger partial charge in [0.15, 0.2) is 5.75 Å². The summed E-state index contributed by atoms with van der Waals surface area (Å²) in [7, 11) is 1.76. The van der Waals surface area contributed by atoms with Crippen LogP contribution in [0, 0.1) is 30.1 Å². The molecule has 4 fully saturated rings. The fourth-order valence-corrected chi connectivity index (χ4v) is 6.90. The second-order valence-electron chi connectivity index (χ2n) is 10.3. The third kappa shape index (κ3) is 2.97. The Bertz CT molecular complexity index is 1070. The molecule has 5 aliphatic rings. The number of nitrogens with one attached hydrogen (secondary N) is 1. The minimum Gasteiger partial charge on any atom is -0.454 e. The lowest BCUT2D eigenvalue weighted by atomic mass is 9.49. The molecule has 0 aromatic heterocycles. The van der Waals surface area contributed by atoms with E-state index < -0.39 is 0 Å². The maximum atomic E-state index is 13.4. The average Bonchev–Trinajstić information content (AvgIpc) is 2.83. The van der Waals surface area contributed by atoms with Crippen molar-refractivity contribution in [3.05, 3.63) is 47.5 Å². The van der Waals surface area contributed by atoms with Crippen LogP contribution in [-0.2, 0) is 4.79 Å². The molecule has 1 N–H and O–H groups in total. The number of anilines is 2. The third-order valence-corrected chi connectivity index (χ3v) is 7.99. The van der Waals surface area contributed by atoms with Crippen LogP contribution >= 0.6 is 0 Å². The summed E-state index contributed by atoms with van der Waals surface area (Å²) < 4.78 is 6.08. The number of ether oxygens (including phenoxy) is 1. The molecule has 5 nitrogen and oxygen atoms in total. The monoisotopic (exact) mass is 416 g/mol. The predicted molar refractivity (Wildman–Crippen MR) is 120 cm³/mol. The molecule has 4 bridgehead atoms. The van der Waals surface area contributed by atoms with Crippen LogP contribution in [0.3, 0.4) is 0 Å². The Kier molecular flexibility index (Phi) is 4.02. The second-order valence-corrected chi connectivity index (χ2v) is 10.3. The molecule has 0 spiro atoms. The number of amides is 2. The lowest BCUT2D eigenvalue weighted by molar-refractivity contribution is -0.140. The molecular formula is C26H28N2O3. The minimum absolute atomic E-state index is 0.134. The molecule has 0 unspecified atom stereocenters. The van der Waals surface area contributed by atoms with Crippen molar-refractivity contribution in [3.8, 4) is 11.5 Å². The second kappa shape index (κ2) is 6.59.